The second kappa shape index (κ2) is 6.20. The third kappa shape index (κ3) is 2.92. The number of likely N-dealkylation sites (tertiary alicyclic amines) is 1. The van der Waals surface area contributed by atoms with Gasteiger partial charge in [-0.1, -0.05) is 20.8 Å². The monoisotopic (exact) mass is 276 g/mol. The van der Waals surface area contributed by atoms with E-state index in [1.54, 1.807) is 6.20 Å². The highest BCUT2D eigenvalue weighted by atomic mass is 16.2. The Kier molecular flexibility index (Phi) is 4.57. The van der Waals surface area contributed by atoms with E-state index < -0.39 is 0 Å². The summed E-state index contributed by atoms with van der Waals surface area (Å²) in [6.07, 6.45) is 5.86. The Morgan fingerprint density at radius 1 is 1.50 bits per heavy atom. The SMILES string of the molecule is CCC1CCCCN1C(=O)c1nc(C(C)C)ncc1N. The van der Waals surface area contributed by atoms with Crippen molar-refractivity contribution >= 4 is 11.6 Å². The number of piperidine rings is 1. The number of carbonyl (C=O) groups excluding carboxylic acids is 1. The molecule has 1 aliphatic heterocycles. The van der Waals surface area contributed by atoms with Crippen LogP contribution in [0.4, 0.5) is 5.69 Å². The molecule has 2 rings (SSSR count). The first-order valence-electron chi connectivity index (χ1n) is 7.48. The average molecular weight is 276 g/mol. The van der Waals surface area contributed by atoms with Gasteiger partial charge < -0.3 is 10.6 Å². The number of amides is 1. The van der Waals surface area contributed by atoms with Crippen LogP contribution < -0.4 is 5.73 Å². The summed E-state index contributed by atoms with van der Waals surface area (Å²) in [4.78, 5) is 23.2. The van der Waals surface area contributed by atoms with Gasteiger partial charge in [0.25, 0.3) is 5.91 Å². The molecule has 1 saturated heterocycles. The zero-order valence-electron chi connectivity index (χ0n) is 12.6. The van der Waals surface area contributed by atoms with Gasteiger partial charge in [-0.3, -0.25) is 4.79 Å². The number of hydrogen-bond donors (Lipinski definition) is 1. The van der Waals surface area contributed by atoms with Crippen LogP contribution in [0.5, 0.6) is 0 Å². The molecular weight excluding hydrogens is 252 g/mol. The van der Waals surface area contributed by atoms with E-state index in [4.69, 9.17) is 5.73 Å². The molecule has 0 saturated carbocycles. The van der Waals surface area contributed by atoms with Crippen LogP contribution in [0.15, 0.2) is 6.20 Å². The van der Waals surface area contributed by atoms with Crippen LogP contribution in [0.3, 0.4) is 0 Å². The van der Waals surface area contributed by atoms with Crippen LogP contribution in [0.1, 0.15) is 68.7 Å². The van der Waals surface area contributed by atoms with Crippen LogP contribution in [0, 0.1) is 0 Å². The summed E-state index contributed by atoms with van der Waals surface area (Å²) in [7, 11) is 0. The maximum Gasteiger partial charge on any atom is 0.274 e. The van der Waals surface area contributed by atoms with Gasteiger partial charge in [-0.2, -0.15) is 0 Å². The van der Waals surface area contributed by atoms with Gasteiger partial charge in [0, 0.05) is 18.5 Å². The fourth-order valence-electron chi connectivity index (χ4n) is 2.68. The predicted octanol–water partition coefficient (Wildman–Crippen LogP) is 2.59. The smallest absolute Gasteiger partial charge is 0.274 e. The highest BCUT2D eigenvalue weighted by molar-refractivity contribution is 5.97. The van der Waals surface area contributed by atoms with Gasteiger partial charge >= 0.3 is 0 Å². The Labute approximate surface area is 120 Å². The first kappa shape index (κ1) is 14.8. The second-order valence-corrected chi connectivity index (χ2v) is 5.74. The van der Waals surface area contributed by atoms with Crippen molar-refractivity contribution in [2.75, 3.05) is 12.3 Å². The third-order valence-corrected chi connectivity index (χ3v) is 3.91. The summed E-state index contributed by atoms with van der Waals surface area (Å²) in [6, 6.07) is 0.313. The van der Waals surface area contributed by atoms with Crippen LogP contribution in [0.25, 0.3) is 0 Å². The molecule has 1 aliphatic rings. The number of carbonyl (C=O) groups is 1. The molecule has 110 valence electrons. The predicted molar refractivity (Wildman–Crippen MR) is 79.5 cm³/mol. The lowest BCUT2D eigenvalue weighted by Crippen LogP contribution is -2.44. The van der Waals surface area contributed by atoms with Crippen molar-refractivity contribution in [1.82, 2.24) is 14.9 Å². The van der Waals surface area contributed by atoms with Crippen molar-refractivity contribution in [3.05, 3.63) is 17.7 Å². The summed E-state index contributed by atoms with van der Waals surface area (Å²) < 4.78 is 0. The molecule has 0 radical (unpaired) electrons. The van der Waals surface area contributed by atoms with E-state index in [1.807, 2.05) is 18.7 Å². The van der Waals surface area contributed by atoms with Crippen molar-refractivity contribution in [2.45, 2.75) is 58.4 Å². The molecule has 0 aliphatic carbocycles. The lowest BCUT2D eigenvalue weighted by atomic mass is 9.99. The summed E-state index contributed by atoms with van der Waals surface area (Å²) in [5.74, 6) is 0.816. The van der Waals surface area contributed by atoms with Gasteiger partial charge in [0.2, 0.25) is 0 Å². The summed E-state index contributed by atoms with van der Waals surface area (Å²) >= 11 is 0. The minimum Gasteiger partial charge on any atom is -0.396 e. The summed E-state index contributed by atoms with van der Waals surface area (Å²) in [5.41, 5.74) is 6.65. The lowest BCUT2D eigenvalue weighted by molar-refractivity contribution is 0.0602. The molecule has 0 bridgehead atoms. The van der Waals surface area contributed by atoms with Crippen LogP contribution in [-0.2, 0) is 0 Å². The van der Waals surface area contributed by atoms with Crippen molar-refractivity contribution in [1.29, 1.82) is 0 Å². The summed E-state index contributed by atoms with van der Waals surface area (Å²) in [5, 5.41) is 0. The molecule has 1 amide bonds. The molecule has 1 aromatic heterocycles. The molecule has 1 aromatic rings. The first-order valence-corrected chi connectivity index (χ1v) is 7.48. The molecule has 2 heterocycles. The number of nitrogen functional groups attached to an aromatic ring is 1. The number of rotatable bonds is 3. The first-order chi connectivity index (χ1) is 9.54. The molecule has 0 aromatic carbocycles. The van der Waals surface area contributed by atoms with E-state index in [-0.39, 0.29) is 11.8 Å². The van der Waals surface area contributed by atoms with Gasteiger partial charge in [0.15, 0.2) is 5.69 Å². The minimum atomic E-state index is -0.0432. The van der Waals surface area contributed by atoms with Gasteiger partial charge in [0.05, 0.1) is 11.9 Å². The molecule has 1 unspecified atom stereocenters. The van der Waals surface area contributed by atoms with Gasteiger partial charge in [0.1, 0.15) is 5.82 Å². The number of hydrogen-bond acceptors (Lipinski definition) is 4. The highest BCUT2D eigenvalue weighted by Gasteiger charge is 2.28. The molecular formula is C15H24N4O. The molecule has 2 N–H and O–H groups in total. The number of nitrogens with two attached hydrogens (primary N) is 1. The van der Waals surface area contributed by atoms with Gasteiger partial charge in [-0.25, -0.2) is 9.97 Å². The topological polar surface area (TPSA) is 72.1 Å². The maximum atomic E-state index is 12.7. The quantitative estimate of drug-likeness (QED) is 0.921. The Morgan fingerprint density at radius 2 is 2.25 bits per heavy atom. The van der Waals surface area contributed by atoms with Crippen molar-refractivity contribution < 1.29 is 4.79 Å². The van der Waals surface area contributed by atoms with E-state index >= 15 is 0 Å². The molecule has 1 fully saturated rings. The lowest BCUT2D eigenvalue weighted by Gasteiger charge is -2.35. The number of aromatic nitrogens is 2. The third-order valence-electron chi connectivity index (χ3n) is 3.91. The van der Waals surface area contributed by atoms with E-state index in [1.165, 1.54) is 6.42 Å². The summed E-state index contributed by atoms with van der Waals surface area (Å²) in [6.45, 7) is 6.95. The Balaban J connectivity index is 2.29. The standard InChI is InChI=1S/C15H24N4O/c1-4-11-7-5-6-8-19(11)15(20)13-12(16)9-17-14(18-13)10(2)3/h9-11H,4-8,16H2,1-3H3. The van der Waals surface area contributed by atoms with E-state index in [2.05, 4.69) is 16.9 Å². The largest absolute Gasteiger partial charge is 0.396 e. The van der Waals surface area contributed by atoms with E-state index in [0.29, 0.717) is 23.2 Å². The van der Waals surface area contributed by atoms with Crippen LogP contribution in [-0.4, -0.2) is 33.4 Å². The van der Waals surface area contributed by atoms with Crippen LogP contribution in [0.2, 0.25) is 0 Å². The average Bonchev–Trinajstić information content (AvgIpc) is 2.46. The number of anilines is 1. The fraction of sp³-hybridized carbons (Fsp3) is 0.667. The normalized spacial score (nSPS) is 19.4. The Hall–Kier alpha value is -1.65. The molecule has 1 atom stereocenters. The molecule has 0 spiro atoms. The number of nitrogens with zero attached hydrogens (tertiary/aromatic N) is 3. The Bertz CT molecular complexity index is 487. The van der Waals surface area contributed by atoms with Crippen molar-refractivity contribution in [3.8, 4) is 0 Å². The van der Waals surface area contributed by atoms with Crippen LogP contribution >= 0.6 is 0 Å². The minimum absolute atomic E-state index is 0.0432. The van der Waals surface area contributed by atoms with Gasteiger partial charge in [-0.05, 0) is 25.7 Å². The highest BCUT2D eigenvalue weighted by Crippen LogP contribution is 2.23. The maximum absolute atomic E-state index is 12.7. The van der Waals surface area contributed by atoms with Gasteiger partial charge in [-0.15, -0.1) is 0 Å². The molecule has 5 heteroatoms. The molecule has 20 heavy (non-hydrogen) atoms. The van der Waals surface area contributed by atoms with E-state index in [9.17, 15) is 4.79 Å². The molecule has 5 nitrogen and oxygen atoms in total. The Morgan fingerprint density at radius 3 is 2.90 bits per heavy atom. The van der Waals surface area contributed by atoms with Crippen molar-refractivity contribution in [3.63, 3.8) is 0 Å². The van der Waals surface area contributed by atoms with Crippen molar-refractivity contribution in [2.24, 2.45) is 0 Å². The second-order valence-electron chi connectivity index (χ2n) is 5.74. The zero-order valence-corrected chi connectivity index (χ0v) is 12.6. The fourth-order valence-corrected chi connectivity index (χ4v) is 2.68. The zero-order chi connectivity index (χ0) is 14.7. The van der Waals surface area contributed by atoms with E-state index in [0.717, 1.165) is 25.8 Å².